The van der Waals surface area contributed by atoms with Crippen LogP contribution in [-0.2, 0) is 4.84 Å². The van der Waals surface area contributed by atoms with E-state index in [1.165, 1.54) is 18.6 Å². The maximum atomic E-state index is 5.24. The molecule has 0 radical (unpaired) electrons. The predicted octanol–water partition coefficient (Wildman–Crippen LogP) is 1.56. The summed E-state index contributed by atoms with van der Waals surface area (Å²) in [5, 5.41) is 3.95. The van der Waals surface area contributed by atoms with Crippen LogP contribution in [-0.4, -0.2) is 11.3 Å². The van der Waals surface area contributed by atoms with Crippen LogP contribution >= 0.6 is 0 Å². The molecule has 1 saturated carbocycles. The predicted molar refractivity (Wildman–Crippen MR) is 35.3 cm³/mol. The molecule has 2 unspecified atom stereocenters. The standard InChI is InChI=1S/C7H11NO/c1-5-6-3-4-7(6,2)9-8-5/h6H,3-4H2,1-2H3. The Labute approximate surface area is 54.9 Å². The van der Waals surface area contributed by atoms with Gasteiger partial charge < -0.3 is 4.84 Å². The maximum absolute atomic E-state index is 5.24. The second-order valence-corrected chi connectivity index (χ2v) is 3.23. The highest BCUT2D eigenvalue weighted by molar-refractivity contribution is 5.87. The molecule has 2 heteroatoms. The van der Waals surface area contributed by atoms with Gasteiger partial charge in [0.15, 0.2) is 0 Å². The van der Waals surface area contributed by atoms with E-state index in [9.17, 15) is 0 Å². The molecule has 0 N–H and O–H groups in total. The molecule has 1 aliphatic heterocycles. The van der Waals surface area contributed by atoms with Gasteiger partial charge in [0.2, 0.25) is 0 Å². The number of rotatable bonds is 0. The molecule has 2 aliphatic rings. The van der Waals surface area contributed by atoms with Crippen LogP contribution in [0.25, 0.3) is 0 Å². The zero-order valence-electron chi connectivity index (χ0n) is 5.85. The van der Waals surface area contributed by atoms with Crippen molar-refractivity contribution in [2.75, 3.05) is 0 Å². The molecular formula is C7H11NO. The summed E-state index contributed by atoms with van der Waals surface area (Å²) in [5.74, 6) is 0.637. The van der Waals surface area contributed by atoms with Gasteiger partial charge in [-0.15, -0.1) is 0 Å². The van der Waals surface area contributed by atoms with Crippen molar-refractivity contribution in [2.45, 2.75) is 32.3 Å². The van der Waals surface area contributed by atoms with E-state index in [-0.39, 0.29) is 5.60 Å². The van der Waals surface area contributed by atoms with Crippen LogP contribution in [0.4, 0.5) is 0 Å². The summed E-state index contributed by atoms with van der Waals surface area (Å²) >= 11 is 0. The van der Waals surface area contributed by atoms with Crippen molar-refractivity contribution in [2.24, 2.45) is 11.1 Å². The molecule has 0 bridgehead atoms. The highest BCUT2D eigenvalue weighted by Gasteiger charge is 2.50. The molecule has 0 spiro atoms. The highest BCUT2D eigenvalue weighted by atomic mass is 16.7. The fourth-order valence-electron chi connectivity index (χ4n) is 1.70. The third-order valence-electron chi connectivity index (χ3n) is 2.57. The van der Waals surface area contributed by atoms with Gasteiger partial charge in [0.1, 0.15) is 5.60 Å². The summed E-state index contributed by atoms with van der Waals surface area (Å²) in [7, 11) is 0. The van der Waals surface area contributed by atoms with Gasteiger partial charge in [-0.1, -0.05) is 5.16 Å². The molecule has 1 aliphatic carbocycles. The van der Waals surface area contributed by atoms with Crippen molar-refractivity contribution in [1.29, 1.82) is 0 Å². The van der Waals surface area contributed by atoms with Crippen LogP contribution in [0, 0.1) is 5.92 Å². The summed E-state index contributed by atoms with van der Waals surface area (Å²) in [5.41, 5.74) is 1.29. The molecule has 50 valence electrons. The Morgan fingerprint density at radius 2 is 2.56 bits per heavy atom. The normalized spacial score (nSPS) is 46.9. The van der Waals surface area contributed by atoms with Crippen LogP contribution in [0.15, 0.2) is 5.16 Å². The third-order valence-corrected chi connectivity index (χ3v) is 2.57. The Morgan fingerprint density at radius 1 is 1.78 bits per heavy atom. The van der Waals surface area contributed by atoms with E-state index in [1.807, 2.05) is 0 Å². The summed E-state index contributed by atoms with van der Waals surface area (Å²) in [6.07, 6.45) is 2.45. The smallest absolute Gasteiger partial charge is 0.143 e. The lowest BCUT2D eigenvalue weighted by molar-refractivity contribution is -0.0838. The highest BCUT2D eigenvalue weighted by Crippen LogP contribution is 2.46. The molecule has 1 heterocycles. The Morgan fingerprint density at radius 3 is 2.78 bits per heavy atom. The van der Waals surface area contributed by atoms with Gasteiger partial charge in [-0.3, -0.25) is 0 Å². The minimum Gasteiger partial charge on any atom is -0.389 e. The van der Waals surface area contributed by atoms with Crippen molar-refractivity contribution < 1.29 is 4.84 Å². The number of nitrogens with zero attached hydrogens (tertiary/aromatic N) is 1. The molecule has 1 fully saturated rings. The summed E-state index contributed by atoms with van der Waals surface area (Å²) in [4.78, 5) is 5.24. The van der Waals surface area contributed by atoms with E-state index in [4.69, 9.17) is 4.84 Å². The van der Waals surface area contributed by atoms with Crippen LogP contribution in [0.3, 0.4) is 0 Å². The first-order valence-electron chi connectivity index (χ1n) is 3.45. The maximum Gasteiger partial charge on any atom is 0.143 e. The van der Waals surface area contributed by atoms with Gasteiger partial charge in [0.05, 0.1) is 5.71 Å². The van der Waals surface area contributed by atoms with Crippen LogP contribution in [0.5, 0.6) is 0 Å². The second-order valence-electron chi connectivity index (χ2n) is 3.23. The summed E-state index contributed by atoms with van der Waals surface area (Å²) < 4.78 is 0. The third kappa shape index (κ3) is 0.485. The first-order valence-corrected chi connectivity index (χ1v) is 3.45. The van der Waals surface area contributed by atoms with Gasteiger partial charge in [-0.2, -0.15) is 0 Å². The Balaban J connectivity index is 2.24. The summed E-state index contributed by atoms with van der Waals surface area (Å²) in [6, 6.07) is 0. The quantitative estimate of drug-likeness (QED) is 0.481. The zero-order valence-corrected chi connectivity index (χ0v) is 5.85. The number of oxime groups is 1. The number of fused-ring (bicyclic) bond motifs is 1. The van der Waals surface area contributed by atoms with E-state index in [0.717, 1.165) is 0 Å². The summed E-state index contributed by atoms with van der Waals surface area (Å²) in [6.45, 7) is 4.19. The van der Waals surface area contributed by atoms with E-state index in [2.05, 4.69) is 19.0 Å². The average Bonchev–Trinajstić information content (AvgIpc) is 1.93. The topological polar surface area (TPSA) is 21.6 Å². The first-order chi connectivity index (χ1) is 4.22. The average molecular weight is 125 g/mol. The van der Waals surface area contributed by atoms with Crippen LogP contribution in [0.1, 0.15) is 26.7 Å². The van der Waals surface area contributed by atoms with Crippen LogP contribution in [0.2, 0.25) is 0 Å². The first kappa shape index (κ1) is 5.27. The molecule has 2 atom stereocenters. The SMILES string of the molecule is CC1=NOC2(C)CCC12. The molecule has 2 nitrogen and oxygen atoms in total. The molecule has 0 aromatic heterocycles. The monoisotopic (exact) mass is 125 g/mol. The lowest BCUT2D eigenvalue weighted by Gasteiger charge is -2.38. The fourth-order valence-corrected chi connectivity index (χ4v) is 1.70. The van der Waals surface area contributed by atoms with Gasteiger partial charge in [0, 0.05) is 5.92 Å². The molecule has 0 aromatic rings. The molecule has 0 aromatic carbocycles. The molecular weight excluding hydrogens is 114 g/mol. The molecule has 2 rings (SSSR count). The van der Waals surface area contributed by atoms with Gasteiger partial charge in [0.25, 0.3) is 0 Å². The van der Waals surface area contributed by atoms with Gasteiger partial charge in [-0.25, -0.2) is 0 Å². The van der Waals surface area contributed by atoms with Crippen molar-refractivity contribution in [3.8, 4) is 0 Å². The Hall–Kier alpha value is -0.530. The van der Waals surface area contributed by atoms with Crippen LogP contribution < -0.4 is 0 Å². The lowest BCUT2D eigenvalue weighted by Crippen LogP contribution is -2.44. The van der Waals surface area contributed by atoms with Gasteiger partial charge in [-0.05, 0) is 26.7 Å². The number of hydrogen-bond donors (Lipinski definition) is 0. The number of hydrogen-bond acceptors (Lipinski definition) is 2. The zero-order chi connectivity index (χ0) is 6.48. The van der Waals surface area contributed by atoms with E-state index in [0.29, 0.717) is 5.92 Å². The van der Waals surface area contributed by atoms with Crippen molar-refractivity contribution in [3.05, 3.63) is 0 Å². The minimum atomic E-state index is 0.101. The van der Waals surface area contributed by atoms with E-state index < -0.39 is 0 Å². The van der Waals surface area contributed by atoms with Crippen molar-refractivity contribution >= 4 is 5.71 Å². The molecule has 9 heavy (non-hydrogen) atoms. The van der Waals surface area contributed by atoms with Crippen molar-refractivity contribution in [1.82, 2.24) is 0 Å². The Kier molecular flexibility index (Phi) is 0.765. The fraction of sp³-hybridized carbons (Fsp3) is 0.857. The minimum absolute atomic E-state index is 0.101. The van der Waals surface area contributed by atoms with E-state index >= 15 is 0 Å². The largest absolute Gasteiger partial charge is 0.389 e. The molecule has 0 saturated heterocycles. The molecule has 0 amide bonds. The van der Waals surface area contributed by atoms with Gasteiger partial charge >= 0.3 is 0 Å². The van der Waals surface area contributed by atoms with Crippen molar-refractivity contribution in [3.63, 3.8) is 0 Å². The van der Waals surface area contributed by atoms with E-state index in [1.54, 1.807) is 0 Å². The Bertz CT molecular complexity index is 176. The lowest BCUT2D eigenvalue weighted by atomic mass is 9.69. The second kappa shape index (κ2) is 1.31.